The maximum absolute atomic E-state index is 14.2. The number of ether oxygens (including phenoxy) is 5. The van der Waals surface area contributed by atoms with E-state index in [9.17, 15) is 19.5 Å². The van der Waals surface area contributed by atoms with Crippen LogP contribution in [0.4, 0.5) is 0 Å². The van der Waals surface area contributed by atoms with Gasteiger partial charge in [0.2, 0.25) is 6.79 Å². The Morgan fingerprint density at radius 1 is 1.12 bits per heavy atom. The molecule has 0 spiro atoms. The van der Waals surface area contributed by atoms with E-state index in [1.165, 1.54) is 24.5 Å². The zero-order valence-electron chi connectivity index (χ0n) is 26.3. The van der Waals surface area contributed by atoms with Gasteiger partial charge in [-0.2, -0.15) is 0 Å². The van der Waals surface area contributed by atoms with E-state index in [0.717, 1.165) is 9.99 Å². The monoisotopic (exact) mass is 782 g/mol. The van der Waals surface area contributed by atoms with Gasteiger partial charge in [-0.1, -0.05) is 42.9 Å². The Bertz CT molecular complexity index is 2140. The van der Waals surface area contributed by atoms with Crippen molar-refractivity contribution in [2.45, 2.75) is 39.3 Å². The number of nitrogens with zero attached hydrogens (tertiary/aromatic N) is 2. The number of allylic oxidation sites excluding steroid dienone is 1. The number of carboxylic acids is 1. The smallest absolute Gasteiger partial charge is 0.338 e. The van der Waals surface area contributed by atoms with Crippen LogP contribution in [0.5, 0.6) is 23.0 Å². The van der Waals surface area contributed by atoms with Crippen LogP contribution < -0.4 is 33.8 Å². The molecule has 6 rings (SSSR count). The molecule has 2 aliphatic rings. The van der Waals surface area contributed by atoms with Gasteiger partial charge in [-0.15, -0.1) is 0 Å². The Kier molecular flexibility index (Phi) is 9.87. The van der Waals surface area contributed by atoms with Crippen LogP contribution >= 0.6 is 33.9 Å². The molecule has 1 N–H and O–H groups in total. The lowest BCUT2D eigenvalue weighted by Crippen LogP contribution is -2.40. The number of hydrogen-bond donors (Lipinski definition) is 1. The zero-order chi connectivity index (χ0) is 33.9. The average Bonchev–Trinajstić information content (AvgIpc) is 3.67. The third-order valence-electron chi connectivity index (χ3n) is 7.71. The highest BCUT2D eigenvalue weighted by Gasteiger charge is 2.35. The fraction of sp³-hybridized carbons (Fsp3) is 0.257. The molecule has 48 heavy (non-hydrogen) atoms. The van der Waals surface area contributed by atoms with Gasteiger partial charge in [-0.3, -0.25) is 9.36 Å². The summed E-state index contributed by atoms with van der Waals surface area (Å²) in [6.07, 6.45) is 3.03. The van der Waals surface area contributed by atoms with E-state index in [4.69, 9.17) is 28.7 Å². The summed E-state index contributed by atoms with van der Waals surface area (Å²) in [6.45, 7) is 4.15. The lowest BCUT2D eigenvalue weighted by Gasteiger charge is -2.25. The van der Waals surface area contributed by atoms with Crippen molar-refractivity contribution in [1.82, 2.24) is 4.57 Å². The fourth-order valence-corrected chi connectivity index (χ4v) is 7.38. The first-order valence-corrected chi connectivity index (χ1v) is 17.1. The van der Waals surface area contributed by atoms with Gasteiger partial charge >= 0.3 is 11.9 Å². The second kappa shape index (κ2) is 14.2. The number of carbonyl (C=O) groups excluding carboxylic acids is 1. The number of methoxy groups -OCH3 is 1. The molecule has 0 fully saturated rings. The summed E-state index contributed by atoms with van der Waals surface area (Å²) in [5.74, 6) is 0.523. The number of carboxylic acid groups (broad SMARTS) is 1. The highest BCUT2D eigenvalue weighted by molar-refractivity contribution is 14.1. The van der Waals surface area contributed by atoms with Crippen molar-refractivity contribution >= 4 is 51.9 Å². The normalized spacial score (nSPS) is 15.2. The summed E-state index contributed by atoms with van der Waals surface area (Å²) in [5, 5.41) is 9.32. The molecule has 0 saturated carbocycles. The fourth-order valence-electron chi connectivity index (χ4n) is 5.58. The lowest BCUT2D eigenvalue weighted by molar-refractivity contribution is -0.139. The quantitative estimate of drug-likeness (QED) is 0.161. The number of benzene rings is 3. The molecule has 0 radical (unpaired) electrons. The molecule has 3 heterocycles. The molecule has 1 aromatic heterocycles. The van der Waals surface area contributed by atoms with Crippen LogP contribution in [0, 0.1) is 3.57 Å². The number of rotatable bonds is 11. The molecule has 0 aliphatic carbocycles. The molecule has 2 aliphatic heterocycles. The van der Waals surface area contributed by atoms with Crippen LogP contribution in [-0.2, 0) is 16.1 Å². The van der Waals surface area contributed by atoms with E-state index in [-0.39, 0.29) is 31.1 Å². The average molecular weight is 783 g/mol. The summed E-state index contributed by atoms with van der Waals surface area (Å²) in [5.41, 5.74) is 2.82. The Balaban J connectivity index is 1.42. The molecule has 248 valence electrons. The molecule has 1 atom stereocenters. The number of hydrogen-bond acceptors (Lipinski definition) is 10. The first kappa shape index (κ1) is 33.3. The maximum atomic E-state index is 14.2. The van der Waals surface area contributed by atoms with Crippen LogP contribution in [0.3, 0.4) is 0 Å². The highest BCUT2D eigenvalue weighted by atomic mass is 127. The van der Waals surface area contributed by atoms with E-state index < -0.39 is 18.0 Å². The predicted octanol–water partition coefficient (Wildman–Crippen LogP) is 5.20. The molecule has 0 saturated heterocycles. The summed E-state index contributed by atoms with van der Waals surface area (Å²) >= 11 is 3.38. The van der Waals surface area contributed by atoms with Crippen molar-refractivity contribution in [2.75, 3.05) is 20.5 Å². The van der Waals surface area contributed by atoms with E-state index in [2.05, 4.69) is 22.6 Å². The molecule has 0 bridgehead atoms. The number of carbonyl (C=O) groups is 2. The van der Waals surface area contributed by atoms with Crippen molar-refractivity contribution in [3.8, 4) is 23.0 Å². The minimum Gasteiger partial charge on any atom is -0.493 e. The Labute approximate surface area is 292 Å². The molecule has 3 aromatic carbocycles. The number of esters is 1. The predicted molar refractivity (Wildman–Crippen MR) is 186 cm³/mol. The number of thiazole rings is 1. The third-order valence-corrected chi connectivity index (χ3v) is 9.50. The summed E-state index contributed by atoms with van der Waals surface area (Å²) in [6, 6.07) is 14.8. The van der Waals surface area contributed by atoms with Gasteiger partial charge in [0.1, 0.15) is 6.61 Å². The van der Waals surface area contributed by atoms with Crippen molar-refractivity contribution in [3.05, 3.63) is 111 Å². The van der Waals surface area contributed by atoms with Gasteiger partial charge < -0.3 is 28.8 Å². The minimum absolute atomic E-state index is 0.0905. The second-order valence-corrected chi connectivity index (χ2v) is 13.0. The Morgan fingerprint density at radius 2 is 1.94 bits per heavy atom. The molecular formula is C35H31IN2O9S. The summed E-state index contributed by atoms with van der Waals surface area (Å²) in [7, 11) is 1.53. The molecule has 0 unspecified atom stereocenters. The maximum Gasteiger partial charge on any atom is 0.338 e. The topological polar surface area (TPSA) is 135 Å². The van der Waals surface area contributed by atoms with Gasteiger partial charge in [0, 0.05) is 0 Å². The summed E-state index contributed by atoms with van der Waals surface area (Å²) in [4.78, 5) is 44.4. The number of aromatic nitrogens is 1. The van der Waals surface area contributed by atoms with Crippen LogP contribution in [0.15, 0.2) is 75.7 Å². The van der Waals surface area contributed by atoms with Gasteiger partial charge in [0.05, 0.1) is 44.7 Å². The van der Waals surface area contributed by atoms with E-state index in [1.54, 1.807) is 54.0 Å². The Hall–Kier alpha value is -4.63. The number of halogens is 1. The molecule has 13 heteroatoms. The van der Waals surface area contributed by atoms with Gasteiger partial charge in [0.25, 0.3) is 5.56 Å². The van der Waals surface area contributed by atoms with E-state index in [1.807, 2.05) is 19.1 Å². The van der Waals surface area contributed by atoms with Crippen molar-refractivity contribution in [3.63, 3.8) is 0 Å². The molecule has 11 nitrogen and oxygen atoms in total. The van der Waals surface area contributed by atoms with Crippen LogP contribution in [-0.4, -0.2) is 42.1 Å². The first-order valence-electron chi connectivity index (χ1n) is 15.2. The van der Waals surface area contributed by atoms with Gasteiger partial charge in [-0.05, 0) is 95.1 Å². The number of fused-ring (bicyclic) bond motifs is 2. The Morgan fingerprint density at radius 3 is 2.69 bits per heavy atom. The van der Waals surface area contributed by atoms with Gasteiger partial charge in [0.15, 0.2) is 27.8 Å². The highest BCUT2D eigenvalue weighted by Crippen LogP contribution is 2.39. The lowest BCUT2D eigenvalue weighted by atomic mass is 9.94. The largest absolute Gasteiger partial charge is 0.493 e. The van der Waals surface area contributed by atoms with Crippen LogP contribution in [0.1, 0.15) is 59.8 Å². The van der Waals surface area contributed by atoms with Crippen molar-refractivity contribution in [1.29, 1.82) is 0 Å². The zero-order valence-corrected chi connectivity index (χ0v) is 29.3. The SMILES string of the molecule is CCCC1=C(C(=O)OCC)[C@H](c2ccc3c(c2)OCO3)n2c(s/c(=C\c3cc(I)c(OCc4cccc(C(=O)O)c4)c(OC)c3)c2=O)=N1. The standard InChI is InChI=1S/C35H31IN2O9S/c1-4-7-24-29(34(42)44-5-2)30(21-10-11-25-26(16-21)47-18-46-25)38-32(39)28(48-35(38)37-24)15-20-13-23(36)31(27(14-20)43-3)45-17-19-8-6-9-22(12-19)33(40)41/h6,8-16,30H,4-5,7,17-18H2,1-3H3,(H,40,41)/b28-15-/t30-/m0/s1. The van der Waals surface area contributed by atoms with Gasteiger partial charge in [-0.25, -0.2) is 14.6 Å². The van der Waals surface area contributed by atoms with E-state index >= 15 is 0 Å². The molecule has 0 amide bonds. The summed E-state index contributed by atoms with van der Waals surface area (Å²) < 4.78 is 31.1. The third kappa shape index (κ3) is 6.56. The second-order valence-electron chi connectivity index (χ2n) is 10.9. The number of aromatic carboxylic acids is 1. The molecule has 4 aromatic rings. The molecular weight excluding hydrogens is 751 g/mol. The van der Waals surface area contributed by atoms with Crippen LogP contribution in [0.2, 0.25) is 0 Å². The van der Waals surface area contributed by atoms with E-state index in [0.29, 0.717) is 66.7 Å². The van der Waals surface area contributed by atoms with Crippen molar-refractivity contribution < 1.29 is 38.4 Å². The van der Waals surface area contributed by atoms with Crippen LogP contribution in [0.25, 0.3) is 6.08 Å². The first-order chi connectivity index (χ1) is 23.2. The minimum atomic E-state index is -1.01. The van der Waals surface area contributed by atoms with Crippen molar-refractivity contribution in [2.24, 2.45) is 4.99 Å².